The fraction of sp³-hybridized carbons (Fsp3) is 0.250. The van der Waals surface area contributed by atoms with E-state index in [0.717, 1.165) is 0 Å². The third kappa shape index (κ3) is 10.1. The highest BCUT2D eigenvalue weighted by Gasteiger charge is 2.55. The summed E-state index contributed by atoms with van der Waals surface area (Å²) in [6.45, 7) is -0.868. The van der Waals surface area contributed by atoms with Crippen LogP contribution in [0.25, 0.3) is 0 Å². The van der Waals surface area contributed by atoms with E-state index >= 15 is 0 Å². The lowest BCUT2D eigenvalue weighted by atomic mass is 9.80. The molecule has 5 rings (SSSR count). The maximum Gasteiger partial charge on any atom is 0.470 e. The van der Waals surface area contributed by atoms with Crippen molar-refractivity contribution in [2.45, 2.75) is 42.9 Å². The standard InChI is InChI=1S/C32H35O15P3/c33-48(34,35)45-28-27(22-43-32(24-15-7-2-8-16-24,25-17-9-3-10-18-25)26-19-11-4-12-20-26)44-31(42-21-23-13-5-1-6-14-23)30(47-50(39,40)41)29(28)46-49(36,37)38/h1-20,27-31H,21-22H2,(H2,33,34,35)(H2,36,37,38)(H2,39,40,41)/t27-,28+,29-,30-,31-/m0/s1. The van der Waals surface area contributed by atoms with Gasteiger partial charge < -0.3 is 43.6 Å². The normalized spacial score (nSPS) is 21.9. The van der Waals surface area contributed by atoms with Crippen molar-refractivity contribution < 1.29 is 70.8 Å². The van der Waals surface area contributed by atoms with Gasteiger partial charge in [0, 0.05) is 0 Å². The summed E-state index contributed by atoms with van der Waals surface area (Å²) in [5, 5.41) is 0. The monoisotopic (exact) mass is 752 g/mol. The van der Waals surface area contributed by atoms with Gasteiger partial charge >= 0.3 is 23.5 Å². The molecule has 4 aromatic rings. The summed E-state index contributed by atoms with van der Waals surface area (Å²) in [7, 11) is -16.6. The van der Waals surface area contributed by atoms with Gasteiger partial charge in [-0.3, -0.25) is 13.6 Å². The Morgan fingerprint density at radius 3 is 1.34 bits per heavy atom. The summed E-state index contributed by atoms with van der Waals surface area (Å²) in [5.74, 6) is 0. The minimum atomic E-state index is -5.58. The lowest BCUT2D eigenvalue weighted by Crippen LogP contribution is -2.61. The molecule has 4 aromatic carbocycles. The molecule has 1 aliphatic heterocycles. The van der Waals surface area contributed by atoms with Crippen LogP contribution < -0.4 is 0 Å². The van der Waals surface area contributed by atoms with Crippen molar-refractivity contribution >= 4 is 23.5 Å². The Morgan fingerprint density at radius 2 is 0.920 bits per heavy atom. The molecule has 1 saturated heterocycles. The largest absolute Gasteiger partial charge is 0.470 e. The van der Waals surface area contributed by atoms with Gasteiger partial charge in [0.05, 0.1) is 13.2 Å². The second-order valence-corrected chi connectivity index (χ2v) is 14.7. The maximum atomic E-state index is 12.3. The molecule has 6 N–H and O–H groups in total. The summed E-state index contributed by atoms with van der Waals surface area (Å²) in [4.78, 5) is 59.1. The van der Waals surface area contributed by atoms with Crippen LogP contribution in [0.2, 0.25) is 0 Å². The molecule has 0 spiro atoms. The van der Waals surface area contributed by atoms with E-state index in [1.165, 1.54) is 0 Å². The molecule has 268 valence electrons. The summed E-state index contributed by atoms with van der Waals surface area (Å²) in [6, 6.07) is 35.4. The quantitative estimate of drug-likeness (QED) is 0.0732. The molecule has 1 fully saturated rings. The highest BCUT2D eigenvalue weighted by atomic mass is 31.2. The smallest absolute Gasteiger partial charge is 0.358 e. The van der Waals surface area contributed by atoms with Crippen LogP contribution in [0, 0.1) is 0 Å². The van der Waals surface area contributed by atoms with Gasteiger partial charge in [-0.15, -0.1) is 0 Å². The van der Waals surface area contributed by atoms with E-state index in [-0.39, 0.29) is 6.61 Å². The first-order chi connectivity index (χ1) is 23.6. The van der Waals surface area contributed by atoms with Crippen molar-refractivity contribution in [3.8, 4) is 0 Å². The third-order valence-corrected chi connectivity index (χ3v) is 9.18. The summed E-state index contributed by atoms with van der Waals surface area (Å²) >= 11 is 0. The van der Waals surface area contributed by atoms with Crippen molar-refractivity contribution in [3.63, 3.8) is 0 Å². The fourth-order valence-corrected chi connectivity index (χ4v) is 7.38. The van der Waals surface area contributed by atoms with Crippen molar-refractivity contribution in [3.05, 3.63) is 144 Å². The Balaban J connectivity index is 1.63. The highest BCUT2D eigenvalue weighted by molar-refractivity contribution is 7.47. The molecule has 1 heterocycles. The van der Waals surface area contributed by atoms with Crippen molar-refractivity contribution in [2.75, 3.05) is 6.61 Å². The Morgan fingerprint density at radius 1 is 0.540 bits per heavy atom. The molecule has 0 amide bonds. The van der Waals surface area contributed by atoms with Crippen LogP contribution in [0.1, 0.15) is 22.3 Å². The molecule has 0 aliphatic carbocycles. The summed E-state index contributed by atoms with van der Waals surface area (Å²) in [6.07, 6.45) is -10.2. The van der Waals surface area contributed by atoms with Gasteiger partial charge in [0.1, 0.15) is 30.0 Å². The molecule has 18 heteroatoms. The fourth-order valence-electron chi connectivity index (χ4n) is 5.71. The molecule has 50 heavy (non-hydrogen) atoms. The number of phosphoric acid groups is 3. The van der Waals surface area contributed by atoms with E-state index in [2.05, 4.69) is 0 Å². The molecular formula is C32H35O15P3. The van der Waals surface area contributed by atoms with Gasteiger partial charge in [0.2, 0.25) is 0 Å². The van der Waals surface area contributed by atoms with Crippen LogP contribution in [0.4, 0.5) is 0 Å². The number of hydrogen-bond acceptors (Lipinski definition) is 9. The van der Waals surface area contributed by atoms with Gasteiger partial charge in [-0.25, -0.2) is 13.7 Å². The predicted molar refractivity (Wildman–Crippen MR) is 176 cm³/mol. The minimum Gasteiger partial charge on any atom is -0.358 e. The molecular weight excluding hydrogens is 717 g/mol. The highest BCUT2D eigenvalue weighted by Crippen LogP contribution is 2.51. The molecule has 0 unspecified atom stereocenters. The number of benzene rings is 4. The lowest BCUT2D eigenvalue weighted by molar-refractivity contribution is -0.299. The topological polar surface area (TPSA) is 228 Å². The van der Waals surface area contributed by atoms with E-state index in [0.29, 0.717) is 22.3 Å². The van der Waals surface area contributed by atoms with Crippen molar-refractivity contribution in [1.82, 2.24) is 0 Å². The van der Waals surface area contributed by atoms with Gasteiger partial charge in [0.15, 0.2) is 6.29 Å². The average molecular weight is 753 g/mol. The van der Waals surface area contributed by atoms with E-state index in [4.69, 9.17) is 27.8 Å². The van der Waals surface area contributed by atoms with E-state index in [1.54, 1.807) is 121 Å². The second-order valence-electron chi connectivity index (χ2n) is 11.1. The van der Waals surface area contributed by atoms with Gasteiger partial charge in [0.25, 0.3) is 0 Å². The van der Waals surface area contributed by atoms with Gasteiger partial charge in [-0.1, -0.05) is 121 Å². The predicted octanol–water partition coefficient (Wildman–Crippen LogP) is 4.37. The first kappa shape index (κ1) is 38.3. The zero-order chi connectivity index (χ0) is 36.0. The van der Waals surface area contributed by atoms with Crippen LogP contribution in [0.3, 0.4) is 0 Å². The SMILES string of the molecule is O=P(O)(O)O[C@@H]1[C@H](OP(=O)(O)O)[C@@H](OCc2ccccc2)O[C@@H](COC(c2ccccc2)(c2ccccc2)c2ccccc2)[C@H]1OP(=O)(O)O. The second kappa shape index (κ2) is 16.2. The van der Waals surface area contributed by atoms with Crippen LogP contribution >= 0.6 is 23.5 Å². The first-order valence-corrected chi connectivity index (χ1v) is 19.6. The number of rotatable bonds is 15. The Bertz CT molecular complexity index is 1700. The van der Waals surface area contributed by atoms with E-state index in [9.17, 15) is 43.1 Å². The Kier molecular flexibility index (Phi) is 12.4. The third-order valence-electron chi connectivity index (χ3n) is 7.63. The van der Waals surface area contributed by atoms with Crippen molar-refractivity contribution in [1.29, 1.82) is 0 Å². The van der Waals surface area contributed by atoms with Crippen LogP contribution in [0.5, 0.6) is 0 Å². The Labute approximate surface area is 287 Å². The molecule has 0 aromatic heterocycles. The van der Waals surface area contributed by atoms with E-state index < -0.39 is 66.4 Å². The van der Waals surface area contributed by atoms with E-state index in [1.807, 2.05) is 0 Å². The van der Waals surface area contributed by atoms with Crippen LogP contribution in [-0.4, -0.2) is 66.7 Å². The average Bonchev–Trinajstić information content (AvgIpc) is 3.07. The molecule has 0 saturated carbocycles. The summed E-state index contributed by atoms with van der Waals surface area (Å²) in [5.41, 5.74) is 1.03. The minimum absolute atomic E-state index is 0.255. The zero-order valence-electron chi connectivity index (χ0n) is 26.0. The number of phosphoric ester groups is 3. The number of hydrogen-bond donors (Lipinski definition) is 6. The molecule has 0 radical (unpaired) electrons. The maximum absolute atomic E-state index is 12.3. The van der Waals surface area contributed by atoms with Crippen LogP contribution in [-0.2, 0) is 53.7 Å². The Hall–Kier alpha value is -2.91. The first-order valence-electron chi connectivity index (χ1n) is 15.0. The molecule has 5 atom stereocenters. The summed E-state index contributed by atoms with van der Waals surface area (Å²) < 4.78 is 70.1. The zero-order valence-corrected chi connectivity index (χ0v) is 28.7. The van der Waals surface area contributed by atoms with Crippen LogP contribution in [0.15, 0.2) is 121 Å². The molecule has 0 bridgehead atoms. The lowest BCUT2D eigenvalue weighted by Gasteiger charge is -2.46. The van der Waals surface area contributed by atoms with Crippen molar-refractivity contribution in [2.24, 2.45) is 0 Å². The molecule has 15 nitrogen and oxygen atoms in total. The van der Waals surface area contributed by atoms with Gasteiger partial charge in [-0.05, 0) is 22.3 Å². The van der Waals surface area contributed by atoms with Gasteiger partial charge in [-0.2, -0.15) is 0 Å². The molecule has 1 aliphatic rings. The number of ether oxygens (including phenoxy) is 3.